The Hall–Kier alpha value is -3.37. The molecule has 1 amide bonds. The first-order valence-corrected chi connectivity index (χ1v) is 13.3. The second kappa shape index (κ2) is 11.6. The predicted octanol–water partition coefficient (Wildman–Crippen LogP) is 1.87. The lowest BCUT2D eigenvalue weighted by Crippen LogP contribution is -2.45. The van der Waals surface area contributed by atoms with Crippen molar-refractivity contribution in [2.75, 3.05) is 16.8 Å². The molecule has 0 aromatic carbocycles. The van der Waals surface area contributed by atoms with E-state index in [-0.39, 0.29) is 40.0 Å². The van der Waals surface area contributed by atoms with Gasteiger partial charge in [0.2, 0.25) is 12.3 Å². The Kier molecular flexibility index (Phi) is 8.19. The number of aromatic amines is 1. The Morgan fingerprint density at radius 1 is 1.23 bits per heavy atom. The number of hydrogen-bond acceptors (Lipinski definition) is 11. The standard InChI is InChI=1S/C24H30ClFN8O6/c25-18-9-28-32-21(18)20-17(24(37,38)39)8-27-22(31-20)30-14-3-5-15(6-4-14)34(23(36)40-12-19(26)35)16-7-29-33(11-16)10-13-1-2-13/h7-9,11,13-15,19,35,37-39H,1-6,10,12H2,(H,28,32)(H,27,30,31). The molecule has 2 fully saturated rings. The molecule has 1 unspecified atom stereocenters. The molecule has 0 spiro atoms. The minimum Gasteiger partial charge on any atom is -0.443 e. The van der Waals surface area contributed by atoms with Crippen molar-refractivity contribution in [1.29, 1.82) is 0 Å². The van der Waals surface area contributed by atoms with Crippen LogP contribution in [0.4, 0.5) is 20.8 Å². The van der Waals surface area contributed by atoms with Crippen molar-refractivity contribution in [2.24, 2.45) is 5.92 Å². The molecule has 0 aliphatic heterocycles. The number of hydrogen-bond donors (Lipinski definition) is 6. The summed E-state index contributed by atoms with van der Waals surface area (Å²) >= 11 is 6.13. The van der Waals surface area contributed by atoms with E-state index < -0.39 is 25.0 Å². The number of rotatable bonds is 10. The quantitative estimate of drug-likeness (QED) is 0.192. The predicted molar refractivity (Wildman–Crippen MR) is 139 cm³/mol. The van der Waals surface area contributed by atoms with Gasteiger partial charge in [0.15, 0.2) is 0 Å². The van der Waals surface area contributed by atoms with Crippen LogP contribution in [-0.2, 0) is 17.3 Å². The van der Waals surface area contributed by atoms with E-state index in [4.69, 9.17) is 21.4 Å². The second-order valence-electron chi connectivity index (χ2n) is 10.1. The number of anilines is 2. The molecule has 3 aromatic heterocycles. The van der Waals surface area contributed by atoms with Crippen LogP contribution >= 0.6 is 11.6 Å². The Morgan fingerprint density at radius 3 is 2.60 bits per heavy atom. The van der Waals surface area contributed by atoms with Gasteiger partial charge in [-0.05, 0) is 44.4 Å². The van der Waals surface area contributed by atoms with Gasteiger partial charge in [0, 0.05) is 31.0 Å². The van der Waals surface area contributed by atoms with Crippen molar-refractivity contribution >= 4 is 29.3 Å². The zero-order chi connectivity index (χ0) is 28.4. The number of nitrogens with zero attached hydrogens (tertiary/aromatic N) is 6. The number of ether oxygens (including phenoxy) is 1. The Balaban J connectivity index is 1.28. The summed E-state index contributed by atoms with van der Waals surface area (Å²) in [5.41, 5.74) is 0.272. The summed E-state index contributed by atoms with van der Waals surface area (Å²) in [5.74, 6) is -2.46. The fourth-order valence-corrected chi connectivity index (χ4v) is 4.98. The molecule has 0 saturated heterocycles. The van der Waals surface area contributed by atoms with Crippen molar-refractivity contribution < 1.29 is 34.3 Å². The van der Waals surface area contributed by atoms with E-state index in [1.54, 1.807) is 17.1 Å². The molecular weight excluding hydrogens is 551 g/mol. The number of aromatic nitrogens is 6. The van der Waals surface area contributed by atoms with Crippen molar-refractivity contribution in [1.82, 2.24) is 29.9 Å². The third-order valence-corrected chi connectivity index (χ3v) is 7.24. The third-order valence-electron chi connectivity index (χ3n) is 6.96. The maximum Gasteiger partial charge on any atom is 0.414 e. The Bertz CT molecular complexity index is 1320. The van der Waals surface area contributed by atoms with E-state index in [1.165, 1.54) is 11.1 Å². The lowest BCUT2D eigenvalue weighted by Gasteiger charge is -2.35. The first-order chi connectivity index (χ1) is 19.1. The van der Waals surface area contributed by atoms with Crippen LogP contribution in [-0.4, -0.2) is 81.5 Å². The van der Waals surface area contributed by atoms with Crippen LogP contribution in [0.5, 0.6) is 0 Å². The van der Waals surface area contributed by atoms with Crippen LogP contribution < -0.4 is 10.2 Å². The molecule has 216 valence electrons. The van der Waals surface area contributed by atoms with Crippen molar-refractivity contribution in [2.45, 2.75) is 69.5 Å². The Labute approximate surface area is 232 Å². The monoisotopic (exact) mass is 580 g/mol. The van der Waals surface area contributed by atoms with Gasteiger partial charge in [-0.2, -0.15) is 10.2 Å². The molecule has 14 nitrogen and oxygen atoms in total. The summed E-state index contributed by atoms with van der Waals surface area (Å²) in [6, 6.07) is -0.361. The third kappa shape index (κ3) is 6.67. The number of nitrogens with one attached hydrogen (secondary N) is 2. The number of aliphatic hydroxyl groups excluding tert-OH is 1. The lowest BCUT2D eigenvalue weighted by molar-refractivity contribution is -0.323. The van der Waals surface area contributed by atoms with Gasteiger partial charge in [-0.15, -0.1) is 0 Å². The topological polar surface area (TPSA) is 195 Å². The number of alkyl halides is 1. The summed E-state index contributed by atoms with van der Waals surface area (Å²) in [5, 5.41) is 52.4. The number of carbonyl (C=O) groups is 1. The second-order valence-corrected chi connectivity index (χ2v) is 10.5. The van der Waals surface area contributed by atoms with E-state index in [0.29, 0.717) is 37.3 Å². The first-order valence-electron chi connectivity index (χ1n) is 12.9. The molecule has 40 heavy (non-hydrogen) atoms. The van der Waals surface area contributed by atoms with Crippen molar-refractivity contribution in [3.8, 4) is 11.4 Å². The van der Waals surface area contributed by atoms with Crippen LogP contribution in [0.15, 0.2) is 24.8 Å². The highest BCUT2D eigenvalue weighted by Gasteiger charge is 2.34. The fraction of sp³-hybridized carbons (Fsp3) is 0.542. The molecule has 0 bridgehead atoms. The maximum absolute atomic E-state index is 13.0. The molecule has 5 rings (SSSR count). The molecule has 3 aromatic rings. The van der Waals surface area contributed by atoms with Gasteiger partial charge in [0.1, 0.15) is 18.0 Å². The number of carbonyl (C=O) groups excluding carboxylic acids is 1. The SMILES string of the molecule is O=C(OCC(O)F)N(c1cnn(CC2CC2)c1)C1CCC(Nc2ncc(C(O)(O)O)c(-c3[nH]ncc3Cl)n2)CC1. The largest absolute Gasteiger partial charge is 0.443 e. The highest BCUT2D eigenvalue weighted by molar-refractivity contribution is 6.32. The van der Waals surface area contributed by atoms with Crippen LogP contribution in [0.2, 0.25) is 5.02 Å². The molecule has 0 radical (unpaired) electrons. The van der Waals surface area contributed by atoms with Crippen LogP contribution in [0.25, 0.3) is 11.4 Å². The first kappa shape index (κ1) is 28.2. The van der Waals surface area contributed by atoms with Gasteiger partial charge in [-0.25, -0.2) is 19.2 Å². The molecule has 1 atom stereocenters. The van der Waals surface area contributed by atoms with Crippen molar-refractivity contribution in [3.05, 3.63) is 35.4 Å². The number of amides is 1. The van der Waals surface area contributed by atoms with E-state index in [1.807, 2.05) is 0 Å². The van der Waals surface area contributed by atoms with Gasteiger partial charge in [-0.1, -0.05) is 11.6 Å². The van der Waals surface area contributed by atoms with E-state index in [9.17, 15) is 24.5 Å². The zero-order valence-corrected chi connectivity index (χ0v) is 22.1. The normalized spacial score (nSPS) is 20.2. The summed E-state index contributed by atoms with van der Waals surface area (Å²) in [6.45, 7) is -0.00743. The summed E-state index contributed by atoms with van der Waals surface area (Å²) in [6.07, 6.45) is 7.33. The molecular formula is C24H30ClFN8O6. The van der Waals surface area contributed by atoms with Gasteiger partial charge < -0.3 is 30.5 Å². The number of H-pyrrole nitrogens is 1. The minimum atomic E-state index is -3.21. The summed E-state index contributed by atoms with van der Waals surface area (Å²) in [7, 11) is 0. The van der Waals surface area contributed by atoms with Gasteiger partial charge in [0.25, 0.3) is 0 Å². The molecule has 2 aliphatic carbocycles. The van der Waals surface area contributed by atoms with Gasteiger partial charge in [0.05, 0.1) is 28.7 Å². The lowest BCUT2D eigenvalue weighted by atomic mass is 9.90. The van der Waals surface area contributed by atoms with Crippen LogP contribution in [0.1, 0.15) is 44.1 Å². The maximum atomic E-state index is 13.0. The Morgan fingerprint density at radius 2 is 1.98 bits per heavy atom. The van der Waals surface area contributed by atoms with Crippen molar-refractivity contribution in [3.63, 3.8) is 0 Å². The molecule has 6 N–H and O–H groups in total. The van der Waals surface area contributed by atoms with E-state index >= 15 is 0 Å². The molecule has 2 aliphatic rings. The van der Waals surface area contributed by atoms with Gasteiger partial charge >= 0.3 is 12.1 Å². The summed E-state index contributed by atoms with van der Waals surface area (Å²) in [4.78, 5) is 22.8. The zero-order valence-electron chi connectivity index (χ0n) is 21.3. The molecule has 2 saturated carbocycles. The molecule has 16 heteroatoms. The average Bonchev–Trinajstić information content (AvgIpc) is 3.43. The highest BCUT2D eigenvalue weighted by atomic mass is 35.5. The smallest absolute Gasteiger partial charge is 0.414 e. The van der Waals surface area contributed by atoms with Crippen LogP contribution in [0.3, 0.4) is 0 Å². The fourth-order valence-electron chi connectivity index (χ4n) is 4.80. The minimum absolute atomic E-state index is 0.0478. The highest BCUT2D eigenvalue weighted by Crippen LogP contribution is 2.34. The van der Waals surface area contributed by atoms with Crippen LogP contribution in [0, 0.1) is 5.92 Å². The number of halogens is 2. The van der Waals surface area contributed by atoms with E-state index in [2.05, 4.69) is 30.6 Å². The average molecular weight is 581 g/mol. The molecule has 3 heterocycles. The number of aliphatic hydroxyl groups is 4. The van der Waals surface area contributed by atoms with E-state index in [0.717, 1.165) is 25.6 Å². The summed E-state index contributed by atoms with van der Waals surface area (Å²) < 4.78 is 19.8. The van der Waals surface area contributed by atoms with Gasteiger partial charge in [-0.3, -0.25) is 14.7 Å².